The molecule has 1 fully saturated rings. The van der Waals surface area contributed by atoms with Gasteiger partial charge in [0.15, 0.2) is 5.96 Å². The Balaban J connectivity index is 1.49. The van der Waals surface area contributed by atoms with Crippen LogP contribution in [0.1, 0.15) is 24.8 Å². The van der Waals surface area contributed by atoms with Gasteiger partial charge in [-0.3, -0.25) is 4.99 Å². The highest BCUT2D eigenvalue weighted by atomic mass is 35.5. The highest BCUT2D eigenvalue weighted by molar-refractivity contribution is 6.30. The lowest BCUT2D eigenvalue weighted by atomic mass is 10.0. The SMILES string of the molecule is CN=C(NCCCOCC1CCOCC1)NCCc1ccc(Cl)cc1. The van der Waals surface area contributed by atoms with E-state index in [-0.39, 0.29) is 0 Å². The number of halogens is 1. The molecular formula is C19H30ClN3O2. The Bertz CT molecular complexity index is 502. The van der Waals surface area contributed by atoms with Gasteiger partial charge in [-0.15, -0.1) is 0 Å². The highest BCUT2D eigenvalue weighted by Gasteiger charge is 2.13. The zero-order valence-corrected chi connectivity index (χ0v) is 15.9. The van der Waals surface area contributed by atoms with Crippen molar-refractivity contribution in [1.82, 2.24) is 10.6 Å². The fourth-order valence-corrected chi connectivity index (χ4v) is 2.87. The fourth-order valence-electron chi connectivity index (χ4n) is 2.74. The molecule has 1 saturated heterocycles. The van der Waals surface area contributed by atoms with Crippen LogP contribution in [0.5, 0.6) is 0 Å². The van der Waals surface area contributed by atoms with Crippen LogP contribution in [0.15, 0.2) is 29.3 Å². The first-order valence-electron chi connectivity index (χ1n) is 9.12. The third-order valence-corrected chi connectivity index (χ3v) is 4.55. The third kappa shape index (κ3) is 8.56. The Morgan fingerprint density at radius 1 is 1.20 bits per heavy atom. The molecule has 1 aliphatic rings. The van der Waals surface area contributed by atoms with E-state index in [2.05, 4.69) is 27.8 Å². The Morgan fingerprint density at radius 3 is 2.64 bits per heavy atom. The van der Waals surface area contributed by atoms with E-state index in [0.29, 0.717) is 5.92 Å². The number of guanidine groups is 1. The van der Waals surface area contributed by atoms with Crippen LogP contribution in [0.3, 0.4) is 0 Å². The second kappa shape index (κ2) is 12.1. The summed E-state index contributed by atoms with van der Waals surface area (Å²) in [4.78, 5) is 4.24. The van der Waals surface area contributed by atoms with Gasteiger partial charge in [0.05, 0.1) is 0 Å². The first-order valence-corrected chi connectivity index (χ1v) is 9.50. The number of hydrogen-bond donors (Lipinski definition) is 2. The van der Waals surface area contributed by atoms with Gasteiger partial charge in [-0.05, 0) is 49.3 Å². The predicted molar refractivity (Wildman–Crippen MR) is 103 cm³/mol. The van der Waals surface area contributed by atoms with E-state index < -0.39 is 0 Å². The normalized spacial score (nSPS) is 16.0. The summed E-state index contributed by atoms with van der Waals surface area (Å²) in [5.74, 6) is 1.50. The van der Waals surface area contributed by atoms with E-state index in [1.54, 1.807) is 7.05 Å². The maximum Gasteiger partial charge on any atom is 0.190 e. The van der Waals surface area contributed by atoms with Crippen LogP contribution in [0.4, 0.5) is 0 Å². The number of aliphatic imine (C=N–C) groups is 1. The average molecular weight is 368 g/mol. The summed E-state index contributed by atoms with van der Waals surface area (Å²) < 4.78 is 11.1. The van der Waals surface area contributed by atoms with Crippen molar-refractivity contribution in [3.63, 3.8) is 0 Å². The van der Waals surface area contributed by atoms with Gasteiger partial charge in [-0.25, -0.2) is 0 Å². The van der Waals surface area contributed by atoms with Gasteiger partial charge < -0.3 is 20.1 Å². The van der Waals surface area contributed by atoms with Crippen molar-refractivity contribution in [2.45, 2.75) is 25.7 Å². The molecule has 0 aliphatic carbocycles. The molecule has 0 unspecified atom stereocenters. The quantitative estimate of drug-likeness (QED) is 0.400. The van der Waals surface area contributed by atoms with Crippen LogP contribution < -0.4 is 10.6 Å². The fraction of sp³-hybridized carbons (Fsp3) is 0.632. The van der Waals surface area contributed by atoms with E-state index in [1.165, 1.54) is 5.56 Å². The molecule has 0 bridgehead atoms. The lowest BCUT2D eigenvalue weighted by molar-refractivity contribution is 0.0203. The molecule has 1 aromatic rings. The smallest absolute Gasteiger partial charge is 0.190 e. The molecule has 25 heavy (non-hydrogen) atoms. The summed E-state index contributed by atoms with van der Waals surface area (Å²) in [6.07, 6.45) is 4.16. The monoisotopic (exact) mass is 367 g/mol. The van der Waals surface area contributed by atoms with Crippen molar-refractivity contribution in [3.05, 3.63) is 34.9 Å². The minimum Gasteiger partial charge on any atom is -0.381 e. The van der Waals surface area contributed by atoms with Crippen molar-refractivity contribution < 1.29 is 9.47 Å². The Kier molecular flexibility index (Phi) is 9.70. The van der Waals surface area contributed by atoms with Gasteiger partial charge in [-0.1, -0.05) is 23.7 Å². The van der Waals surface area contributed by atoms with Crippen LogP contribution in [-0.2, 0) is 15.9 Å². The summed E-state index contributed by atoms with van der Waals surface area (Å²) in [6, 6.07) is 7.95. The lowest BCUT2D eigenvalue weighted by Crippen LogP contribution is -2.39. The lowest BCUT2D eigenvalue weighted by Gasteiger charge is -2.21. The van der Waals surface area contributed by atoms with Gasteiger partial charge in [0.2, 0.25) is 0 Å². The second-order valence-electron chi connectivity index (χ2n) is 6.29. The maximum atomic E-state index is 5.90. The van der Waals surface area contributed by atoms with Crippen LogP contribution in [0, 0.1) is 5.92 Å². The minimum absolute atomic E-state index is 0.670. The number of nitrogens with zero attached hydrogens (tertiary/aromatic N) is 1. The van der Waals surface area contributed by atoms with Gasteiger partial charge >= 0.3 is 0 Å². The standard InChI is InChI=1S/C19H30ClN3O2/c1-21-19(23-11-7-16-3-5-18(20)6-4-16)22-10-2-12-25-15-17-8-13-24-14-9-17/h3-6,17H,2,7-15H2,1H3,(H2,21,22,23). The number of hydrogen-bond acceptors (Lipinski definition) is 3. The molecule has 140 valence electrons. The summed E-state index contributed by atoms with van der Waals surface area (Å²) in [6.45, 7) is 5.10. The van der Waals surface area contributed by atoms with E-state index in [9.17, 15) is 0 Å². The van der Waals surface area contributed by atoms with E-state index in [4.69, 9.17) is 21.1 Å². The average Bonchev–Trinajstić information content (AvgIpc) is 2.65. The topological polar surface area (TPSA) is 54.9 Å². The zero-order chi connectivity index (χ0) is 17.7. The van der Waals surface area contributed by atoms with Crippen molar-refractivity contribution in [2.75, 3.05) is 46.6 Å². The van der Waals surface area contributed by atoms with Crippen LogP contribution >= 0.6 is 11.6 Å². The molecule has 0 aromatic heterocycles. The Labute approximate surface area is 156 Å². The molecule has 0 atom stereocenters. The van der Waals surface area contributed by atoms with Gasteiger partial charge in [-0.2, -0.15) is 0 Å². The Hall–Kier alpha value is -1.30. The number of benzene rings is 1. The highest BCUT2D eigenvalue weighted by Crippen LogP contribution is 2.14. The maximum absolute atomic E-state index is 5.90. The van der Waals surface area contributed by atoms with Crippen molar-refractivity contribution in [3.8, 4) is 0 Å². The van der Waals surface area contributed by atoms with Crippen LogP contribution in [0.25, 0.3) is 0 Å². The number of nitrogens with one attached hydrogen (secondary N) is 2. The van der Waals surface area contributed by atoms with Crippen molar-refractivity contribution >= 4 is 17.6 Å². The molecule has 0 amide bonds. The second-order valence-corrected chi connectivity index (χ2v) is 6.72. The first-order chi connectivity index (χ1) is 12.3. The number of ether oxygens (including phenoxy) is 2. The van der Waals surface area contributed by atoms with Crippen LogP contribution in [0.2, 0.25) is 5.02 Å². The molecule has 1 aliphatic heterocycles. The summed E-state index contributed by atoms with van der Waals surface area (Å²) in [7, 11) is 1.79. The summed E-state index contributed by atoms with van der Waals surface area (Å²) >= 11 is 5.90. The molecular weight excluding hydrogens is 338 g/mol. The predicted octanol–water partition coefficient (Wildman–Crippen LogP) is 2.88. The largest absolute Gasteiger partial charge is 0.381 e. The van der Waals surface area contributed by atoms with Gasteiger partial charge in [0.25, 0.3) is 0 Å². The third-order valence-electron chi connectivity index (χ3n) is 4.30. The molecule has 1 heterocycles. The van der Waals surface area contributed by atoms with Gasteiger partial charge in [0, 0.05) is 51.6 Å². The molecule has 0 spiro atoms. The first kappa shape index (κ1) is 20.0. The minimum atomic E-state index is 0.670. The Morgan fingerprint density at radius 2 is 1.92 bits per heavy atom. The summed E-state index contributed by atoms with van der Waals surface area (Å²) in [5.41, 5.74) is 1.26. The molecule has 5 nitrogen and oxygen atoms in total. The van der Waals surface area contributed by atoms with Crippen LogP contribution in [-0.4, -0.2) is 52.5 Å². The molecule has 6 heteroatoms. The van der Waals surface area contributed by atoms with E-state index >= 15 is 0 Å². The van der Waals surface area contributed by atoms with Crippen molar-refractivity contribution in [1.29, 1.82) is 0 Å². The summed E-state index contributed by atoms with van der Waals surface area (Å²) in [5, 5.41) is 7.42. The molecule has 1 aromatic carbocycles. The number of rotatable bonds is 9. The van der Waals surface area contributed by atoms with Crippen molar-refractivity contribution in [2.24, 2.45) is 10.9 Å². The molecule has 0 saturated carbocycles. The molecule has 0 radical (unpaired) electrons. The van der Waals surface area contributed by atoms with E-state index in [1.807, 2.05) is 12.1 Å². The molecule has 2 rings (SSSR count). The zero-order valence-electron chi connectivity index (χ0n) is 15.1. The van der Waals surface area contributed by atoms with E-state index in [0.717, 1.165) is 76.2 Å². The molecule has 2 N–H and O–H groups in total. The van der Waals surface area contributed by atoms with Gasteiger partial charge in [0.1, 0.15) is 0 Å².